The van der Waals surface area contributed by atoms with Crippen LogP contribution in [0.4, 0.5) is 0 Å². The van der Waals surface area contributed by atoms with E-state index in [1.807, 2.05) is 0 Å². The van der Waals surface area contributed by atoms with E-state index in [2.05, 4.69) is 46.8 Å². The highest BCUT2D eigenvalue weighted by Crippen LogP contribution is 2.18. The molecule has 0 spiro atoms. The van der Waals surface area contributed by atoms with Gasteiger partial charge in [0.15, 0.2) is 5.82 Å². The Morgan fingerprint density at radius 1 is 1.38 bits per heavy atom. The average molecular weight is 247 g/mol. The van der Waals surface area contributed by atoms with Gasteiger partial charge < -0.3 is 4.52 Å². The fourth-order valence-corrected chi connectivity index (χ4v) is 1.16. The van der Waals surface area contributed by atoms with E-state index in [9.17, 15) is 0 Å². The van der Waals surface area contributed by atoms with E-state index >= 15 is 0 Å². The van der Waals surface area contributed by atoms with Gasteiger partial charge in [-0.2, -0.15) is 4.98 Å². The van der Waals surface area contributed by atoms with Crippen molar-refractivity contribution in [3.63, 3.8) is 0 Å². The molecule has 74 valence electrons. The van der Waals surface area contributed by atoms with Crippen molar-refractivity contribution in [3.8, 4) is 0 Å². The molecule has 0 aliphatic rings. The molecule has 1 heterocycles. The van der Waals surface area contributed by atoms with Crippen molar-refractivity contribution >= 4 is 15.9 Å². The molecule has 0 fully saturated rings. The van der Waals surface area contributed by atoms with E-state index in [0.717, 1.165) is 29.9 Å². The second-order valence-corrected chi connectivity index (χ2v) is 4.85. The first-order valence-electron chi connectivity index (χ1n) is 4.43. The molecule has 4 heteroatoms. The van der Waals surface area contributed by atoms with E-state index in [1.54, 1.807) is 0 Å². The summed E-state index contributed by atoms with van der Waals surface area (Å²) in [6, 6.07) is 0. The number of hydrogen-bond donors (Lipinski definition) is 0. The van der Waals surface area contributed by atoms with Crippen molar-refractivity contribution in [2.24, 2.45) is 0 Å². The predicted octanol–water partition coefficient (Wildman–Crippen LogP) is 2.69. The maximum absolute atomic E-state index is 5.11. The van der Waals surface area contributed by atoms with Crippen molar-refractivity contribution in [3.05, 3.63) is 11.7 Å². The van der Waals surface area contributed by atoms with E-state index in [4.69, 9.17) is 4.52 Å². The molecule has 0 aromatic carbocycles. The summed E-state index contributed by atoms with van der Waals surface area (Å²) in [6.45, 7) is 6.23. The Bertz CT molecular complexity index is 265. The third kappa shape index (κ3) is 3.10. The lowest BCUT2D eigenvalue weighted by Crippen LogP contribution is -2.13. The molecule has 0 aliphatic carbocycles. The topological polar surface area (TPSA) is 38.9 Å². The molecule has 3 nitrogen and oxygen atoms in total. The summed E-state index contributed by atoms with van der Waals surface area (Å²) in [7, 11) is 0. The molecule has 0 unspecified atom stereocenters. The van der Waals surface area contributed by atoms with Gasteiger partial charge >= 0.3 is 0 Å². The Morgan fingerprint density at radius 2 is 2.08 bits per heavy atom. The molecule has 1 aromatic rings. The molecular weight excluding hydrogens is 232 g/mol. The number of rotatable bonds is 3. The van der Waals surface area contributed by atoms with E-state index in [1.165, 1.54) is 0 Å². The van der Waals surface area contributed by atoms with Crippen LogP contribution in [0.2, 0.25) is 0 Å². The van der Waals surface area contributed by atoms with E-state index in [0.29, 0.717) is 0 Å². The number of nitrogens with zero attached hydrogens (tertiary/aromatic N) is 2. The van der Waals surface area contributed by atoms with Crippen LogP contribution < -0.4 is 0 Å². The van der Waals surface area contributed by atoms with Crippen molar-refractivity contribution in [1.29, 1.82) is 0 Å². The summed E-state index contributed by atoms with van der Waals surface area (Å²) in [5.41, 5.74) is -0.0177. The molecule has 0 N–H and O–H groups in total. The van der Waals surface area contributed by atoms with Gasteiger partial charge in [0.1, 0.15) is 0 Å². The minimum absolute atomic E-state index is 0.0177. The minimum atomic E-state index is -0.0177. The Balaban J connectivity index is 2.64. The van der Waals surface area contributed by atoms with Crippen molar-refractivity contribution in [1.82, 2.24) is 10.1 Å². The van der Waals surface area contributed by atoms with Gasteiger partial charge in [-0.05, 0) is 6.42 Å². The highest BCUT2D eigenvalue weighted by atomic mass is 79.9. The van der Waals surface area contributed by atoms with Crippen LogP contribution in [-0.2, 0) is 11.8 Å². The second-order valence-electron chi connectivity index (χ2n) is 4.05. The number of alkyl halides is 1. The normalized spacial score (nSPS) is 12.0. The minimum Gasteiger partial charge on any atom is -0.339 e. The first-order valence-corrected chi connectivity index (χ1v) is 5.55. The summed E-state index contributed by atoms with van der Waals surface area (Å²) in [6.07, 6.45) is 1.89. The second kappa shape index (κ2) is 4.22. The van der Waals surface area contributed by atoms with Crippen LogP contribution in [0.5, 0.6) is 0 Å². The Kier molecular flexibility index (Phi) is 3.47. The molecule has 0 bridgehead atoms. The van der Waals surface area contributed by atoms with Crippen LogP contribution in [0.1, 0.15) is 38.9 Å². The fraction of sp³-hybridized carbons (Fsp3) is 0.778. The maximum Gasteiger partial charge on any atom is 0.226 e. The van der Waals surface area contributed by atoms with Gasteiger partial charge in [0, 0.05) is 17.2 Å². The lowest BCUT2D eigenvalue weighted by Gasteiger charge is -2.10. The Hall–Kier alpha value is -0.380. The van der Waals surface area contributed by atoms with Gasteiger partial charge in [-0.25, -0.2) is 0 Å². The third-order valence-electron chi connectivity index (χ3n) is 1.66. The molecular formula is C9H15BrN2O. The molecule has 0 radical (unpaired) electrons. The zero-order valence-electron chi connectivity index (χ0n) is 8.30. The number of hydrogen-bond acceptors (Lipinski definition) is 3. The molecule has 0 atom stereocenters. The molecule has 0 saturated carbocycles. The van der Waals surface area contributed by atoms with Crippen molar-refractivity contribution < 1.29 is 4.52 Å². The van der Waals surface area contributed by atoms with Crippen LogP contribution in [0.15, 0.2) is 4.52 Å². The Morgan fingerprint density at radius 3 is 2.54 bits per heavy atom. The predicted molar refractivity (Wildman–Crippen MR) is 55.1 cm³/mol. The maximum atomic E-state index is 5.11. The van der Waals surface area contributed by atoms with Gasteiger partial charge in [0.25, 0.3) is 0 Å². The lowest BCUT2D eigenvalue weighted by atomic mass is 9.96. The van der Waals surface area contributed by atoms with Crippen molar-refractivity contribution in [2.45, 2.75) is 39.0 Å². The van der Waals surface area contributed by atoms with Crippen LogP contribution in [0.25, 0.3) is 0 Å². The van der Waals surface area contributed by atoms with Gasteiger partial charge in [-0.15, -0.1) is 0 Å². The van der Waals surface area contributed by atoms with E-state index in [-0.39, 0.29) is 5.41 Å². The number of aromatic nitrogens is 2. The summed E-state index contributed by atoms with van der Waals surface area (Å²) >= 11 is 3.36. The van der Waals surface area contributed by atoms with Crippen LogP contribution in [-0.4, -0.2) is 15.5 Å². The quantitative estimate of drug-likeness (QED) is 0.771. The standard InChI is InChI=1S/C9H15BrN2O/c1-9(2,3)8-11-7(13-12-8)5-4-6-10/h4-6H2,1-3H3. The molecule has 0 aliphatic heterocycles. The van der Waals surface area contributed by atoms with Gasteiger partial charge in [-0.1, -0.05) is 41.9 Å². The SMILES string of the molecule is CC(C)(C)c1noc(CCCBr)n1. The summed E-state index contributed by atoms with van der Waals surface area (Å²) in [5, 5.41) is 4.91. The largest absolute Gasteiger partial charge is 0.339 e. The smallest absolute Gasteiger partial charge is 0.226 e. The number of aryl methyl sites for hydroxylation is 1. The average Bonchev–Trinajstić information content (AvgIpc) is 2.47. The third-order valence-corrected chi connectivity index (χ3v) is 2.22. The summed E-state index contributed by atoms with van der Waals surface area (Å²) in [4.78, 5) is 4.32. The van der Waals surface area contributed by atoms with Crippen LogP contribution in [0.3, 0.4) is 0 Å². The van der Waals surface area contributed by atoms with E-state index < -0.39 is 0 Å². The first-order chi connectivity index (χ1) is 6.04. The van der Waals surface area contributed by atoms with Crippen LogP contribution in [0, 0.1) is 0 Å². The number of halogens is 1. The zero-order chi connectivity index (χ0) is 9.90. The lowest BCUT2D eigenvalue weighted by molar-refractivity contribution is 0.362. The molecule has 13 heavy (non-hydrogen) atoms. The van der Waals surface area contributed by atoms with Gasteiger partial charge in [0.2, 0.25) is 5.89 Å². The molecule has 1 rings (SSSR count). The zero-order valence-corrected chi connectivity index (χ0v) is 9.89. The van der Waals surface area contributed by atoms with Crippen LogP contribution >= 0.6 is 15.9 Å². The highest BCUT2D eigenvalue weighted by Gasteiger charge is 2.20. The van der Waals surface area contributed by atoms with Gasteiger partial charge in [-0.3, -0.25) is 0 Å². The highest BCUT2D eigenvalue weighted by molar-refractivity contribution is 9.09. The first kappa shape index (κ1) is 10.7. The summed E-state index contributed by atoms with van der Waals surface area (Å²) < 4.78 is 5.11. The van der Waals surface area contributed by atoms with Crippen molar-refractivity contribution in [2.75, 3.05) is 5.33 Å². The van der Waals surface area contributed by atoms with Gasteiger partial charge in [0.05, 0.1) is 0 Å². The monoisotopic (exact) mass is 246 g/mol. The molecule has 0 saturated heterocycles. The molecule has 1 aromatic heterocycles. The Labute approximate surface area is 87.0 Å². The summed E-state index contributed by atoms with van der Waals surface area (Å²) in [5.74, 6) is 1.53. The fourth-order valence-electron chi connectivity index (χ4n) is 0.879. The molecule has 0 amide bonds.